The highest BCUT2D eigenvalue weighted by Gasteiger charge is 2.12. The Hall–Kier alpha value is -2.20. The van der Waals surface area contributed by atoms with Crippen molar-refractivity contribution < 1.29 is 19.1 Å². The summed E-state index contributed by atoms with van der Waals surface area (Å²) in [5, 5.41) is 2.94. The van der Waals surface area contributed by atoms with Crippen LogP contribution in [0.1, 0.15) is 20.7 Å². The van der Waals surface area contributed by atoms with Crippen molar-refractivity contribution in [2.24, 2.45) is 0 Å². The SMILES string of the molecule is COCCOc1ccc(C(=O)NC(=S)NNC(=O)c2ccc(Cl)cc2)cc1Br. The van der Waals surface area contributed by atoms with Crippen LogP contribution in [0.2, 0.25) is 5.02 Å². The van der Waals surface area contributed by atoms with Gasteiger partial charge in [0.05, 0.1) is 11.1 Å². The number of ether oxygens (including phenoxy) is 2. The molecule has 0 aliphatic rings. The minimum absolute atomic E-state index is 0.0520. The van der Waals surface area contributed by atoms with E-state index in [4.69, 9.17) is 33.3 Å². The number of halogens is 2. The fourth-order valence-electron chi connectivity index (χ4n) is 1.99. The molecule has 7 nitrogen and oxygen atoms in total. The van der Waals surface area contributed by atoms with Crippen molar-refractivity contribution in [2.45, 2.75) is 0 Å². The molecule has 10 heteroatoms. The molecule has 2 amide bonds. The summed E-state index contributed by atoms with van der Waals surface area (Å²) in [4.78, 5) is 24.3. The minimum Gasteiger partial charge on any atom is -0.490 e. The molecule has 0 aliphatic heterocycles. The monoisotopic (exact) mass is 485 g/mol. The van der Waals surface area contributed by atoms with Gasteiger partial charge in [0.2, 0.25) is 0 Å². The van der Waals surface area contributed by atoms with Gasteiger partial charge < -0.3 is 9.47 Å². The molecule has 0 atom stereocenters. The van der Waals surface area contributed by atoms with E-state index >= 15 is 0 Å². The lowest BCUT2D eigenvalue weighted by atomic mass is 10.2. The van der Waals surface area contributed by atoms with Crippen LogP contribution in [-0.4, -0.2) is 37.3 Å². The summed E-state index contributed by atoms with van der Waals surface area (Å²) in [6, 6.07) is 11.2. The van der Waals surface area contributed by atoms with Crippen LogP contribution in [0.25, 0.3) is 0 Å². The quantitative estimate of drug-likeness (QED) is 0.330. The van der Waals surface area contributed by atoms with Gasteiger partial charge in [-0.1, -0.05) is 11.6 Å². The number of benzene rings is 2. The van der Waals surface area contributed by atoms with Gasteiger partial charge in [0.25, 0.3) is 11.8 Å². The van der Waals surface area contributed by atoms with Crippen LogP contribution in [0.3, 0.4) is 0 Å². The van der Waals surface area contributed by atoms with Gasteiger partial charge in [0, 0.05) is 23.3 Å². The van der Waals surface area contributed by atoms with Crippen LogP contribution in [0, 0.1) is 0 Å². The third kappa shape index (κ3) is 6.75. The van der Waals surface area contributed by atoms with Crippen molar-refractivity contribution in [3.63, 3.8) is 0 Å². The summed E-state index contributed by atoms with van der Waals surface area (Å²) in [6.45, 7) is 0.846. The smallest absolute Gasteiger partial charge is 0.269 e. The summed E-state index contributed by atoms with van der Waals surface area (Å²) >= 11 is 14.2. The van der Waals surface area contributed by atoms with E-state index in [1.165, 1.54) is 0 Å². The highest BCUT2D eigenvalue weighted by molar-refractivity contribution is 9.10. The molecule has 148 valence electrons. The number of hydrazine groups is 1. The number of nitrogens with one attached hydrogen (secondary N) is 3. The zero-order valence-corrected chi connectivity index (χ0v) is 17.9. The van der Waals surface area contributed by atoms with Gasteiger partial charge in [-0.2, -0.15) is 0 Å². The summed E-state index contributed by atoms with van der Waals surface area (Å²) in [7, 11) is 1.58. The van der Waals surface area contributed by atoms with Gasteiger partial charge in [0.1, 0.15) is 12.4 Å². The van der Waals surface area contributed by atoms with Crippen LogP contribution < -0.4 is 20.9 Å². The molecular formula is C18H17BrClN3O4S. The molecule has 0 spiro atoms. The van der Waals surface area contributed by atoms with Gasteiger partial charge in [0.15, 0.2) is 5.11 Å². The summed E-state index contributed by atoms with van der Waals surface area (Å²) in [5.41, 5.74) is 5.62. The summed E-state index contributed by atoms with van der Waals surface area (Å²) < 4.78 is 11.0. The second kappa shape index (κ2) is 11.0. The Kier molecular flexibility index (Phi) is 8.65. The number of thiocarbonyl (C=S) groups is 1. The first-order valence-electron chi connectivity index (χ1n) is 7.99. The zero-order chi connectivity index (χ0) is 20.5. The lowest BCUT2D eigenvalue weighted by molar-refractivity contribution is 0.0934. The third-order valence-electron chi connectivity index (χ3n) is 3.36. The number of methoxy groups -OCH3 is 1. The zero-order valence-electron chi connectivity index (χ0n) is 14.8. The van der Waals surface area contributed by atoms with Crippen molar-refractivity contribution in [2.75, 3.05) is 20.3 Å². The highest BCUT2D eigenvalue weighted by atomic mass is 79.9. The molecule has 0 unspecified atom stereocenters. The van der Waals surface area contributed by atoms with Gasteiger partial charge in [-0.25, -0.2) is 0 Å². The summed E-state index contributed by atoms with van der Waals surface area (Å²) in [6.07, 6.45) is 0. The van der Waals surface area contributed by atoms with Crippen molar-refractivity contribution in [3.8, 4) is 5.75 Å². The van der Waals surface area contributed by atoms with Crippen molar-refractivity contribution in [3.05, 3.63) is 63.1 Å². The average molecular weight is 487 g/mol. The van der Waals surface area contributed by atoms with E-state index in [0.29, 0.717) is 39.6 Å². The number of hydrogen-bond donors (Lipinski definition) is 3. The fourth-order valence-corrected chi connectivity index (χ4v) is 2.75. The molecule has 0 aromatic heterocycles. The summed E-state index contributed by atoms with van der Waals surface area (Å²) in [5.74, 6) is -0.277. The predicted octanol–water partition coefficient (Wildman–Crippen LogP) is 3.08. The Labute approximate surface area is 180 Å². The predicted molar refractivity (Wildman–Crippen MR) is 114 cm³/mol. The van der Waals surface area contributed by atoms with E-state index in [9.17, 15) is 9.59 Å². The van der Waals surface area contributed by atoms with Crippen LogP contribution in [-0.2, 0) is 4.74 Å². The van der Waals surface area contributed by atoms with E-state index in [-0.39, 0.29) is 5.11 Å². The lowest BCUT2D eigenvalue weighted by Crippen LogP contribution is -2.48. The van der Waals surface area contributed by atoms with Crippen LogP contribution in [0.5, 0.6) is 5.75 Å². The van der Waals surface area contributed by atoms with Crippen molar-refractivity contribution in [1.82, 2.24) is 16.2 Å². The number of rotatable bonds is 6. The topological polar surface area (TPSA) is 88.7 Å². The first-order chi connectivity index (χ1) is 13.4. The average Bonchev–Trinajstić information content (AvgIpc) is 2.68. The molecular weight excluding hydrogens is 470 g/mol. The van der Waals surface area contributed by atoms with Gasteiger partial charge in [-0.05, 0) is 70.6 Å². The molecule has 0 radical (unpaired) electrons. The molecule has 0 aliphatic carbocycles. The van der Waals surface area contributed by atoms with Crippen molar-refractivity contribution >= 4 is 56.7 Å². The first-order valence-corrected chi connectivity index (χ1v) is 9.57. The highest BCUT2D eigenvalue weighted by Crippen LogP contribution is 2.26. The minimum atomic E-state index is -0.442. The Morgan fingerprint density at radius 2 is 1.71 bits per heavy atom. The molecule has 0 saturated heterocycles. The number of carbonyl (C=O) groups excluding carboxylic acids is 2. The number of carbonyl (C=O) groups is 2. The Morgan fingerprint density at radius 1 is 1.04 bits per heavy atom. The van der Waals surface area contributed by atoms with Crippen LogP contribution in [0.4, 0.5) is 0 Å². The largest absolute Gasteiger partial charge is 0.490 e. The molecule has 2 aromatic rings. The van der Waals surface area contributed by atoms with E-state index in [1.807, 2.05) is 0 Å². The van der Waals surface area contributed by atoms with E-state index in [2.05, 4.69) is 32.1 Å². The van der Waals surface area contributed by atoms with Gasteiger partial charge in [-0.15, -0.1) is 0 Å². The molecule has 2 rings (SSSR count). The van der Waals surface area contributed by atoms with Gasteiger partial charge >= 0.3 is 0 Å². The third-order valence-corrected chi connectivity index (χ3v) is 4.44. The first kappa shape index (κ1) is 22.1. The Balaban J connectivity index is 1.86. The lowest BCUT2D eigenvalue weighted by Gasteiger charge is -2.12. The Bertz CT molecular complexity index is 864. The van der Waals surface area contributed by atoms with Crippen LogP contribution >= 0.6 is 39.7 Å². The second-order valence-electron chi connectivity index (χ2n) is 5.36. The standard InChI is InChI=1S/C18H17BrClN3O4S/c1-26-8-9-27-15-7-4-12(10-14(15)19)16(24)21-18(28)23-22-17(25)11-2-5-13(20)6-3-11/h2-7,10H,8-9H2,1H3,(H,22,25)(H2,21,23,24,28). The van der Waals surface area contributed by atoms with Crippen LogP contribution in [0.15, 0.2) is 46.9 Å². The van der Waals surface area contributed by atoms with Gasteiger partial charge in [-0.3, -0.25) is 25.8 Å². The molecule has 28 heavy (non-hydrogen) atoms. The van der Waals surface area contributed by atoms with E-state index < -0.39 is 11.8 Å². The molecule has 3 N–H and O–H groups in total. The molecule has 2 aromatic carbocycles. The maximum atomic E-state index is 12.3. The molecule has 0 heterocycles. The van der Waals surface area contributed by atoms with E-state index in [1.54, 1.807) is 49.6 Å². The second-order valence-corrected chi connectivity index (χ2v) is 7.05. The normalized spacial score (nSPS) is 10.1. The number of amides is 2. The molecule has 0 saturated carbocycles. The maximum absolute atomic E-state index is 12.3. The fraction of sp³-hybridized carbons (Fsp3) is 0.167. The molecule has 0 bridgehead atoms. The number of hydrogen-bond acceptors (Lipinski definition) is 5. The Morgan fingerprint density at radius 3 is 2.36 bits per heavy atom. The van der Waals surface area contributed by atoms with Crippen molar-refractivity contribution in [1.29, 1.82) is 0 Å². The molecule has 0 fully saturated rings. The van der Waals surface area contributed by atoms with E-state index in [0.717, 1.165) is 0 Å². The maximum Gasteiger partial charge on any atom is 0.269 e.